The van der Waals surface area contributed by atoms with Crippen LogP contribution in [0.4, 0.5) is 0 Å². The molecule has 0 radical (unpaired) electrons. The molecule has 1 saturated carbocycles. The zero-order valence-corrected chi connectivity index (χ0v) is 11.9. The maximum Gasteiger partial charge on any atom is 0.0701 e. The Bertz CT molecular complexity index is 317. The van der Waals surface area contributed by atoms with Crippen molar-refractivity contribution in [3.05, 3.63) is 20.8 Å². The number of thiophene rings is 1. The summed E-state index contributed by atoms with van der Waals surface area (Å²) in [4.78, 5) is 1.29. The van der Waals surface area contributed by atoms with Crippen LogP contribution >= 0.6 is 27.3 Å². The van der Waals surface area contributed by atoms with Crippen molar-refractivity contribution in [2.45, 2.75) is 51.0 Å². The molecule has 0 saturated heterocycles. The van der Waals surface area contributed by atoms with E-state index >= 15 is 0 Å². The summed E-state index contributed by atoms with van der Waals surface area (Å²) in [7, 11) is 0. The summed E-state index contributed by atoms with van der Waals surface area (Å²) < 4.78 is 1.16. The van der Waals surface area contributed by atoms with Crippen LogP contribution in [-0.4, -0.2) is 11.2 Å². The fourth-order valence-electron chi connectivity index (χ4n) is 2.58. The van der Waals surface area contributed by atoms with Crippen LogP contribution in [0.2, 0.25) is 0 Å². The van der Waals surface area contributed by atoms with Crippen molar-refractivity contribution in [3.8, 4) is 0 Å². The first-order valence-corrected chi connectivity index (χ1v) is 7.77. The van der Waals surface area contributed by atoms with Crippen LogP contribution in [0.1, 0.15) is 43.4 Å². The van der Waals surface area contributed by atoms with Gasteiger partial charge in [0.2, 0.25) is 0 Å². The molecule has 1 aromatic heterocycles. The highest BCUT2D eigenvalue weighted by Gasteiger charge is 2.18. The zero-order chi connectivity index (χ0) is 11.4. The molecule has 3 heteroatoms. The molecule has 0 aliphatic heterocycles. The Balaban J connectivity index is 1.77. The second-order valence-corrected chi connectivity index (χ2v) is 7.35. The minimum absolute atomic E-state index is 0.145. The molecule has 16 heavy (non-hydrogen) atoms. The second kappa shape index (κ2) is 6.18. The first-order valence-electron chi connectivity index (χ1n) is 6.16. The average Bonchev–Trinajstić information content (AvgIpc) is 2.65. The highest BCUT2D eigenvalue weighted by Crippen LogP contribution is 2.29. The highest BCUT2D eigenvalue weighted by atomic mass is 79.9. The van der Waals surface area contributed by atoms with E-state index in [-0.39, 0.29) is 6.10 Å². The molecule has 1 nitrogen and oxygen atoms in total. The minimum Gasteiger partial charge on any atom is -0.393 e. The summed E-state index contributed by atoms with van der Waals surface area (Å²) in [5.74, 6) is 0.771. The lowest BCUT2D eigenvalue weighted by molar-refractivity contribution is 0.131. The van der Waals surface area contributed by atoms with E-state index in [9.17, 15) is 5.11 Å². The quantitative estimate of drug-likeness (QED) is 0.875. The molecule has 1 heterocycles. The molecule has 1 N–H and O–H groups in total. The van der Waals surface area contributed by atoms with E-state index in [2.05, 4.69) is 28.1 Å². The molecule has 1 unspecified atom stereocenters. The summed E-state index contributed by atoms with van der Waals surface area (Å²) in [5, 5.41) is 10.1. The van der Waals surface area contributed by atoms with Crippen molar-refractivity contribution in [2.24, 2.45) is 5.92 Å². The van der Waals surface area contributed by atoms with Gasteiger partial charge in [-0.1, -0.05) is 32.1 Å². The van der Waals surface area contributed by atoms with Gasteiger partial charge in [0.1, 0.15) is 0 Å². The summed E-state index contributed by atoms with van der Waals surface area (Å²) in [6.07, 6.45) is 8.45. The molecular formula is C13H19BrOS. The molecule has 1 aliphatic carbocycles. The monoisotopic (exact) mass is 302 g/mol. The van der Waals surface area contributed by atoms with Crippen LogP contribution < -0.4 is 0 Å². The van der Waals surface area contributed by atoms with Gasteiger partial charge in [0.15, 0.2) is 0 Å². The predicted molar refractivity (Wildman–Crippen MR) is 72.9 cm³/mol. The van der Waals surface area contributed by atoms with Gasteiger partial charge in [0.05, 0.1) is 9.89 Å². The van der Waals surface area contributed by atoms with Crippen molar-refractivity contribution >= 4 is 27.3 Å². The largest absolute Gasteiger partial charge is 0.393 e. The molecule has 0 bridgehead atoms. The molecule has 1 fully saturated rings. The van der Waals surface area contributed by atoms with Gasteiger partial charge in [0.25, 0.3) is 0 Å². The summed E-state index contributed by atoms with van der Waals surface area (Å²) in [6.45, 7) is 0. The van der Waals surface area contributed by atoms with Crippen LogP contribution in [-0.2, 0) is 6.42 Å². The van der Waals surface area contributed by atoms with Crippen molar-refractivity contribution in [2.75, 3.05) is 0 Å². The third-order valence-electron chi connectivity index (χ3n) is 3.40. The van der Waals surface area contributed by atoms with Gasteiger partial charge < -0.3 is 5.11 Å². The van der Waals surface area contributed by atoms with E-state index in [4.69, 9.17) is 0 Å². The maximum atomic E-state index is 10.1. The number of aliphatic hydroxyl groups is 1. The Morgan fingerprint density at radius 3 is 2.69 bits per heavy atom. The van der Waals surface area contributed by atoms with E-state index < -0.39 is 0 Å². The third kappa shape index (κ3) is 3.86. The fourth-order valence-corrected chi connectivity index (χ4v) is 4.14. The molecule has 1 aliphatic rings. The van der Waals surface area contributed by atoms with Gasteiger partial charge in [-0.05, 0) is 40.4 Å². The standard InChI is InChI=1S/C13H19BrOS/c14-13-7-6-12(16-13)9-11(15)8-10-4-2-1-3-5-10/h6-7,10-11,15H,1-5,8-9H2. The summed E-state index contributed by atoms with van der Waals surface area (Å²) >= 11 is 5.19. The lowest BCUT2D eigenvalue weighted by Crippen LogP contribution is -2.17. The molecule has 0 amide bonds. The fraction of sp³-hybridized carbons (Fsp3) is 0.692. The Morgan fingerprint density at radius 1 is 1.31 bits per heavy atom. The molecule has 0 aromatic carbocycles. The smallest absolute Gasteiger partial charge is 0.0701 e. The molecule has 2 rings (SSSR count). The van der Waals surface area contributed by atoms with Gasteiger partial charge >= 0.3 is 0 Å². The molecular weight excluding hydrogens is 284 g/mol. The lowest BCUT2D eigenvalue weighted by Gasteiger charge is -2.23. The number of hydrogen-bond donors (Lipinski definition) is 1. The van der Waals surface area contributed by atoms with Gasteiger partial charge in [-0.2, -0.15) is 0 Å². The number of rotatable bonds is 4. The second-order valence-electron chi connectivity index (χ2n) is 4.80. The highest BCUT2D eigenvalue weighted by molar-refractivity contribution is 9.11. The van der Waals surface area contributed by atoms with Crippen molar-refractivity contribution in [1.82, 2.24) is 0 Å². The first kappa shape index (κ1) is 12.6. The average molecular weight is 303 g/mol. The first-order chi connectivity index (χ1) is 7.74. The Kier molecular flexibility index (Phi) is 4.86. The van der Waals surface area contributed by atoms with Crippen LogP contribution in [0.25, 0.3) is 0 Å². The van der Waals surface area contributed by atoms with E-state index in [0.29, 0.717) is 0 Å². The van der Waals surface area contributed by atoms with Crippen LogP contribution in [0.3, 0.4) is 0 Å². The van der Waals surface area contributed by atoms with Gasteiger partial charge in [-0.25, -0.2) is 0 Å². The van der Waals surface area contributed by atoms with E-state index in [0.717, 1.165) is 22.5 Å². The predicted octanol–water partition coefficient (Wildman–Crippen LogP) is 4.38. The van der Waals surface area contributed by atoms with E-state index in [1.54, 1.807) is 11.3 Å². The van der Waals surface area contributed by atoms with Gasteiger partial charge in [0, 0.05) is 11.3 Å². The SMILES string of the molecule is OC(Cc1ccc(Br)s1)CC1CCCCC1. The number of aliphatic hydroxyl groups excluding tert-OH is 1. The van der Waals surface area contributed by atoms with Gasteiger partial charge in [-0.15, -0.1) is 11.3 Å². The Morgan fingerprint density at radius 2 is 2.06 bits per heavy atom. The summed E-state index contributed by atoms with van der Waals surface area (Å²) in [5.41, 5.74) is 0. The summed E-state index contributed by atoms with van der Waals surface area (Å²) in [6, 6.07) is 4.17. The Labute approximate surface area is 110 Å². The normalized spacial score (nSPS) is 19.9. The van der Waals surface area contributed by atoms with Crippen LogP contribution in [0.15, 0.2) is 15.9 Å². The number of hydrogen-bond acceptors (Lipinski definition) is 2. The van der Waals surface area contributed by atoms with Crippen molar-refractivity contribution in [3.63, 3.8) is 0 Å². The third-order valence-corrected chi connectivity index (χ3v) is 5.04. The van der Waals surface area contributed by atoms with E-state index in [1.807, 2.05) is 0 Å². The molecule has 1 atom stereocenters. The van der Waals surface area contributed by atoms with Crippen molar-refractivity contribution < 1.29 is 5.11 Å². The molecule has 90 valence electrons. The van der Waals surface area contributed by atoms with Crippen LogP contribution in [0.5, 0.6) is 0 Å². The van der Waals surface area contributed by atoms with Crippen LogP contribution in [0, 0.1) is 5.92 Å². The maximum absolute atomic E-state index is 10.1. The zero-order valence-electron chi connectivity index (χ0n) is 9.49. The van der Waals surface area contributed by atoms with E-state index in [1.165, 1.54) is 37.0 Å². The molecule has 1 aromatic rings. The van der Waals surface area contributed by atoms with Gasteiger partial charge in [-0.3, -0.25) is 0 Å². The number of halogens is 1. The topological polar surface area (TPSA) is 20.2 Å². The Hall–Kier alpha value is 0.140. The lowest BCUT2D eigenvalue weighted by atomic mass is 9.85. The van der Waals surface area contributed by atoms with Crippen molar-refractivity contribution in [1.29, 1.82) is 0 Å². The minimum atomic E-state index is -0.145. The molecule has 0 spiro atoms.